The van der Waals surface area contributed by atoms with Crippen LogP contribution in [0.25, 0.3) is 0 Å². The van der Waals surface area contributed by atoms with Gasteiger partial charge in [-0.2, -0.15) is 0 Å². The lowest BCUT2D eigenvalue weighted by Gasteiger charge is -2.30. The average molecular weight is 438 g/mol. The number of ether oxygens (including phenoxy) is 1. The number of aromatic nitrogens is 1. The van der Waals surface area contributed by atoms with Gasteiger partial charge >= 0.3 is 0 Å². The molecule has 7 nitrogen and oxygen atoms in total. The number of nitrogens with one attached hydrogen (secondary N) is 2. The zero-order valence-corrected chi connectivity index (χ0v) is 19.0. The maximum absolute atomic E-state index is 13.0. The van der Waals surface area contributed by atoms with Crippen LogP contribution in [0.1, 0.15) is 71.1 Å². The summed E-state index contributed by atoms with van der Waals surface area (Å²) in [5.41, 5.74) is 1.52. The highest BCUT2D eigenvalue weighted by molar-refractivity contribution is 6.02. The third-order valence-electron chi connectivity index (χ3n) is 6.50. The topological polar surface area (TPSA) is 91.5 Å². The molecule has 1 amide bonds. The molecular formula is C25H31N3O4. The van der Waals surface area contributed by atoms with Crippen LogP contribution in [0.4, 0.5) is 0 Å². The van der Waals surface area contributed by atoms with Gasteiger partial charge in [0.2, 0.25) is 0 Å². The van der Waals surface area contributed by atoms with Gasteiger partial charge in [-0.3, -0.25) is 19.3 Å². The number of nitrogens with zero attached hydrogens (tertiary/aromatic N) is 1. The number of Topliss-reactive ketones (excluding diaryl/α,β-unsaturated/α-hetero) is 1. The second kappa shape index (κ2) is 8.90. The average Bonchev–Trinajstić information content (AvgIpc) is 3.27. The number of ketones is 1. The van der Waals surface area contributed by atoms with Gasteiger partial charge in [-0.05, 0) is 61.5 Å². The Morgan fingerprint density at radius 3 is 2.50 bits per heavy atom. The van der Waals surface area contributed by atoms with Crippen LogP contribution in [0.15, 0.2) is 35.1 Å². The number of hydrogen-bond acceptors (Lipinski definition) is 5. The quantitative estimate of drug-likeness (QED) is 0.725. The second-order valence-corrected chi connectivity index (χ2v) is 9.59. The molecule has 2 aromatic rings. The molecule has 1 saturated heterocycles. The third-order valence-corrected chi connectivity index (χ3v) is 6.50. The monoisotopic (exact) mass is 437 g/mol. The van der Waals surface area contributed by atoms with E-state index < -0.39 is 11.5 Å². The van der Waals surface area contributed by atoms with Gasteiger partial charge in [0.1, 0.15) is 11.3 Å². The lowest BCUT2D eigenvalue weighted by Crippen LogP contribution is -2.39. The molecule has 0 spiro atoms. The van der Waals surface area contributed by atoms with Crippen molar-refractivity contribution in [3.05, 3.63) is 63.1 Å². The van der Waals surface area contributed by atoms with Crippen LogP contribution in [-0.2, 0) is 6.42 Å². The number of methoxy groups -OCH3 is 1. The highest BCUT2D eigenvalue weighted by atomic mass is 16.5. The van der Waals surface area contributed by atoms with E-state index >= 15 is 0 Å². The van der Waals surface area contributed by atoms with E-state index in [0.29, 0.717) is 30.6 Å². The van der Waals surface area contributed by atoms with Crippen LogP contribution in [0.2, 0.25) is 0 Å². The van der Waals surface area contributed by atoms with E-state index in [1.54, 1.807) is 7.11 Å². The molecule has 32 heavy (non-hydrogen) atoms. The van der Waals surface area contributed by atoms with E-state index in [1.807, 2.05) is 38.1 Å². The van der Waals surface area contributed by atoms with Crippen LogP contribution in [0.3, 0.4) is 0 Å². The van der Waals surface area contributed by atoms with Gasteiger partial charge in [0.25, 0.3) is 11.5 Å². The Balaban J connectivity index is 1.54. The van der Waals surface area contributed by atoms with Crippen molar-refractivity contribution in [2.45, 2.75) is 45.6 Å². The van der Waals surface area contributed by atoms with E-state index in [0.717, 1.165) is 37.2 Å². The van der Waals surface area contributed by atoms with Gasteiger partial charge in [0.15, 0.2) is 5.78 Å². The van der Waals surface area contributed by atoms with Crippen molar-refractivity contribution in [2.24, 2.45) is 5.41 Å². The predicted molar refractivity (Wildman–Crippen MR) is 122 cm³/mol. The molecule has 1 aliphatic carbocycles. The predicted octanol–water partition coefficient (Wildman–Crippen LogP) is 3.11. The van der Waals surface area contributed by atoms with Crippen molar-refractivity contribution in [1.82, 2.24) is 15.2 Å². The Kier molecular flexibility index (Phi) is 6.20. The first-order valence-corrected chi connectivity index (χ1v) is 11.2. The molecule has 0 bridgehead atoms. The summed E-state index contributed by atoms with van der Waals surface area (Å²) in [5.74, 6) is 0.297. The third kappa shape index (κ3) is 4.63. The molecule has 4 rings (SSSR count). The number of amides is 1. The van der Waals surface area contributed by atoms with Gasteiger partial charge in [-0.25, -0.2) is 0 Å². The fourth-order valence-corrected chi connectivity index (χ4v) is 4.82. The molecule has 1 unspecified atom stereocenters. The lowest BCUT2D eigenvalue weighted by molar-refractivity contribution is 0.0910. The van der Waals surface area contributed by atoms with Crippen LogP contribution < -0.4 is 15.6 Å². The number of likely N-dealkylation sites (tertiary alicyclic amines) is 1. The molecule has 170 valence electrons. The Labute approximate surface area is 188 Å². The zero-order valence-electron chi connectivity index (χ0n) is 19.0. The highest BCUT2D eigenvalue weighted by Crippen LogP contribution is 2.33. The van der Waals surface area contributed by atoms with Gasteiger partial charge in [-0.15, -0.1) is 0 Å². The minimum Gasteiger partial charge on any atom is -0.497 e. The van der Waals surface area contributed by atoms with E-state index in [2.05, 4.69) is 15.2 Å². The molecule has 2 N–H and O–H groups in total. The molecule has 1 aromatic heterocycles. The summed E-state index contributed by atoms with van der Waals surface area (Å²) in [6.45, 7) is 6.32. The number of carbonyl (C=O) groups is 2. The Morgan fingerprint density at radius 1 is 1.16 bits per heavy atom. The Morgan fingerprint density at radius 2 is 1.84 bits per heavy atom. The number of H-pyrrole nitrogens is 1. The standard InChI is InChI=1S/C25H31N3O4/c1-25(2)13-20-18(22(29)14-25)12-19(24(31)27-20)23(30)26-15-21(28-10-4-5-11-28)16-6-8-17(32-3)9-7-16/h6-9,12,21H,4-5,10-11,13-15H2,1-3H3,(H,26,30)(H,27,31). The molecule has 2 aliphatic rings. The summed E-state index contributed by atoms with van der Waals surface area (Å²) < 4.78 is 5.26. The summed E-state index contributed by atoms with van der Waals surface area (Å²) >= 11 is 0. The number of fused-ring (bicyclic) bond motifs is 1. The first kappa shape index (κ1) is 22.3. The number of pyridine rings is 1. The van der Waals surface area contributed by atoms with E-state index in [1.165, 1.54) is 6.07 Å². The van der Waals surface area contributed by atoms with Crippen molar-refractivity contribution in [3.8, 4) is 5.75 Å². The summed E-state index contributed by atoms with van der Waals surface area (Å²) in [6.07, 6.45) is 3.27. The van der Waals surface area contributed by atoms with Crippen LogP contribution in [0.5, 0.6) is 5.75 Å². The van der Waals surface area contributed by atoms with Crippen LogP contribution >= 0.6 is 0 Å². The summed E-state index contributed by atoms with van der Waals surface area (Å²) in [4.78, 5) is 43.3. The van der Waals surface area contributed by atoms with Gasteiger partial charge in [0.05, 0.1) is 13.2 Å². The van der Waals surface area contributed by atoms with Crippen molar-refractivity contribution < 1.29 is 14.3 Å². The maximum Gasteiger partial charge on any atom is 0.261 e. The molecule has 7 heteroatoms. The minimum absolute atomic E-state index is 0.00601. The van der Waals surface area contributed by atoms with E-state index in [-0.39, 0.29) is 22.8 Å². The Hall–Kier alpha value is -2.93. The molecule has 0 radical (unpaired) electrons. The molecular weight excluding hydrogens is 406 g/mol. The van der Waals surface area contributed by atoms with E-state index in [4.69, 9.17) is 4.74 Å². The number of carbonyl (C=O) groups excluding carboxylic acids is 2. The number of benzene rings is 1. The largest absolute Gasteiger partial charge is 0.497 e. The first-order valence-electron chi connectivity index (χ1n) is 11.2. The van der Waals surface area contributed by atoms with Crippen molar-refractivity contribution in [2.75, 3.05) is 26.7 Å². The summed E-state index contributed by atoms with van der Waals surface area (Å²) in [5, 5.41) is 2.94. The molecule has 1 fully saturated rings. The minimum atomic E-state index is -0.454. The molecule has 1 atom stereocenters. The molecule has 1 aromatic carbocycles. The molecule has 1 aliphatic heterocycles. The van der Waals surface area contributed by atoms with E-state index in [9.17, 15) is 14.4 Å². The maximum atomic E-state index is 13.0. The Bertz CT molecular complexity index is 1070. The normalized spacial score (nSPS) is 18.8. The SMILES string of the molecule is COc1ccc(C(CNC(=O)c2cc3c([nH]c2=O)CC(C)(C)CC3=O)N2CCCC2)cc1. The number of rotatable bonds is 6. The molecule has 0 saturated carbocycles. The second-order valence-electron chi connectivity index (χ2n) is 9.59. The van der Waals surface area contributed by atoms with Gasteiger partial charge in [-0.1, -0.05) is 26.0 Å². The van der Waals surface area contributed by atoms with Crippen LogP contribution in [-0.4, -0.2) is 48.3 Å². The van der Waals surface area contributed by atoms with Gasteiger partial charge < -0.3 is 15.0 Å². The lowest BCUT2D eigenvalue weighted by atomic mass is 9.75. The smallest absolute Gasteiger partial charge is 0.261 e. The van der Waals surface area contributed by atoms with Crippen molar-refractivity contribution >= 4 is 11.7 Å². The van der Waals surface area contributed by atoms with Crippen molar-refractivity contribution in [1.29, 1.82) is 0 Å². The summed E-state index contributed by atoms with van der Waals surface area (Å²) in [6, 6.07) is 9.34. The first-order chi connectivity index (χ1) is 15.3. The molecule has 2 heterocycles. The highest BCUT2D eigenvalue weighted by Gasteiger charge is 2.33. The van der Waals surface area contributed by atoms with Crippen molar-refractivity contribution in [3.63, 3.8) is 0 Å². The van der Waals surface area contributed by atoms with Crippen LogP contribution in [0, 0.1) is 5.41 Å². The fraction of sp³-hybridized carbons (Fsp3) is 0.480. The summed E-state index contributed by atoms with van der Waals surface area (Å²) in [7, 11) is 1.63. The number of aromatic amines is 1. The van der Waals surface area contributed by atoms with Gasteiger partial charge in [0, 0.05) is 24.2 Å². The fourth-order valence-electron chi connectivity index (χ4n) is 4.82. The number of hydrogen-bond donors (Lipinski definition) is 2. The zero-order chi connectivity index (χ0) is 22.9.